The molecular weight excluding hydrogens is 357 g/mol. The zero-order valence-electron chi connectivity index (χ0n) is 10.3. The number of nitrogens with zero attached hydrogens (tertiary/aromatic N) is 1. The molecule has 0 bridgehead atoms. The number of anilines is 1. The Morgan fingerprint density at radius 3 is 2.57 bits per heavy atom. The predicted molar refractivity (Wildman–Crippen MR) is 69.9 cm³/mol. The Balaban J connectivity index is 2.17. The van der Waals surface area contributed by atoms with Gasteiger partial charge in [0, 0.05) is 4.47 Å². The summed E-state index contributed by atoms with van der Waals surface area (Å²) in [4.78, 5) is 35.9. The number of hydrogen-bond acceptors (Lipinski definition) is 3. The Hall–Kier alpha value is -1.90. The molecule has 1 N–H and O–H groups in total. The van der Waals surface area contributed by atoms with Gasteiger partial charge in [0.1, 0.15) is 13.1 Å². The van der Waals surface area contributed by atoms with Crippen molar-refractivity contribution in [3.63, 3.8) is 0 Å². The molecule has 9 heteroatoms. The van der Waals surface area contributed by atoms with Gasteiger partial charge in [0.15, 0.2) is 0 Å². The largest absolute Gasteiger partial charge is 0.405 e. The van der Waals surface area contributed by atoms with E-state index >= 15 is 0 Å². The lowest BCUT2D eigenvalue weighted by atomic mass is 10.1. The first kappa shape index (κ1) is 15.5. The molecule has 0 saturated carbocycles. The minimum atomic E-state index is -4.54. The summed E-state index contributed by atoms with van der Waals surface area (Å²) in [6, 6.07) is 4.51. The van der Waals surface area contributed by atoms with E-state index in [4.69, 9.17) is 0 Å². The molecule has 1 heterocycles. The molecule has 1 aromatic rings. The first-order valence-corrected chi connectivity index (χ1v) is 6.48. The van der Waals surface area contributed by atoms with Gasteiger partial charge in [0.2, 0.25) is 5.91 Å². The Morgan fingerprint density at radius 1 is 1.29 bits per heavy atom. The highest BCUT2D eigenvalue weighted by Crippen LogP contribution is 2.35. The van der Waals surface area contributed by atoms with Gasteiger partial charge in [-0.2, -0.15) is 13.2 Å². The van der Waals surface area contributed by atoms with Crippen LogP contribution in [0.1, 0.15) is 10.4 Å². The highest BCUT2D eigenvalue weighted by molar-refractivity contribution is 9.10. The summed E-state index contributed by atoms with van der Waals surface area (Å²) in [6.07, 6.45) is -4.54. The molecule has 0 radical (unpaired) electrons. The number of halogens is 4. The number of carbonyl (C=O) groups is 3. The molecule has 2 amide bonds. The summed E-state index contributed by atoms with van der Waals surface area (Å²) in [7, 11) is 0. The normalized spacial score (nSPS) is 14.4. The number of amides is 2. The van der Waals surface area contributed by atoms with Crippen LogP contribution in [0.15, 0.2) is 22.7 Å². The van der Waals surface area contributed by atoms with Crippen molar-refractivity contribution in [3.05, 3.63) is 28.2 Å². The maximum absolute atomic E-state index is 12.0. The Labute approximate surface area is 125 Å². The number of nitrogens with one attached hydrogen (secondary N) is 1. The molecule has 0 aliphatic carbocycles. The van der Waals surface area contributed by atoms with E-state index < -0.39 is 36.9 Å². The van der Waals surface area contributed by atoms with Crippen molar-refractivity contribution >= 4 is 39.2 Å². The van der Waals surface area contributed by atoms with Gasteiger partial charge < -0.3 is 5.32 Å². The number of ketones is 1. The third-order valence-electron chi connectivity index (χ3n) is 2.73. The summed E-state index contributed by atoms with van der Waals surface area (Å²) in [6.45, 7) is -2.15. The summed E-state index contributed by atoms with van der Waals surface area (Å²) < 4.78 is 36.4. The smallest absolute Gasteiger partial charge is 0.345 e. The Kier molecular flexibility index (Phi) is 4.04. The number of para-hydroxylation sites is 1. The molecule has 1 aliphatic heterocycles. The van der Waals surface area contributed by atoms with Crippen LogP contribution in [0.4, 0.5) is 18.9 Å². The van der Waals surface area contributed by atoms with Gasteiger partial charge in [-0.15, -0.1) is 0 Å². The van der Waals surface area contributed by atoms with E-state index in [1.165, 1.54) is 6.07 Å². The van der Waals surface area contributed by atoms with Crippen LogP contribution in [-0.4, -0.2) is 36.9 Å². The molecule has 0 spiro atoms. The van der Waals surface area contributed by atoms with Crippen LogP contribution in [0.2, 0.25) is 0 Å². The standard InChI is InChI=1S/C12H8BrF3N2O3/c13-7-3-1-2-6-9(7)18(11(21)10(6)20)4-8(19)17-5-12(14,15)16/h1-3H,4-5H2,(H,17,19). The lowest BCUT2D eigenvalue weighted by Crippen LogP contribution is -2.43. The Bertz CT molecular complexity index is 631. The molecule has 5 nitrogen and oxygen atoms in total. The lowest BCUT2D eigenvalue weighted by Gasteiger charge is -2.17. The Morgan fingerprint density at radius 2 is 1.95 bits per heavy atom. The highest BCUT2D eigenvalue weighted by Gasteiger charge is 2.38. The van der Waals surface area contributed by atoms with Crippen LogP contribution in [0.25, 0.3) is 0 Å². The van der Waals surface area contributed by atoms with Crippen LogP contribution in [0.5, 0.6) is 0 Å². The molecule has 0 fully saturated rings. The van der Waals surface area contributed by atoms with Crippen molar-refractivity contribution < 1.29 is 27.6 Å². The monoisotopic (exact) mass is 364 g/mol. The number of Topliss-reactive ketones (excluding diaryl/α,β-unsaturated/α-hetero) is 1. The number of rotatable bonds is 3. The van der Waals surface area contributed by atoms with Gasteiger partial charge in [-0.3, -0.25) is 19.3 Å². The molecule has 112 valence electrons. The average Bonchev–Trinajstić information content (AvgIpc) is 2.62. The fourth-order valence-electron chi connectivity index (χ4n) is 1.86. The SMILES string of the molecule is O=C(CN1C(=O)C(=O)c2cccc(Br)c21)NCC(F)(F)F. The van der Waals surface area contributed by atoms with Gasteiger partial charge in [-0.25, -0.2) is 0 Å². The minimum absolute atomic E-state index is 0.109. The zero-order chi connectivity index (χ0) is 15.8. The summed E-state index contributed by atoms with van der Waals surface area (Å²) >= 11 is 3.15. The number of hydrogen-bond donors (Lipinski definition) is 1. The van der Waals surface area contributed by atoms with Gasteiger partial charge in [-0.1, -0.05) is 6.07 Å². The summed E-state index contributed by atoms with van der Waals surface area (Å²) in [5.74, 6) is -2.74. The van der Waals surface area contributed by atoms with Crippen molar-refractivity contribution in [2.24, 2.45) is 0 Å². The molecule has 0 aromatic heterocycles. The van der Waals surface area contributed by atoms with Gasteiger partial charge in [0.05, 0.1) is 11.3 Å². The van der Waals surface area contributed by atoms with E-state index in [0.717, 1.165) is 4.90 Å². The second kappa shape index (κ2) is 5.47. The van der Waals surface area contributed by atoms with Gasteiger partial charge in [0.25, 0.3) is 11.7 Å². The number of fused-ring (bicyclic) bond motifs is 1. The van der Waals surface area contributed by atoms with Crippen molar-refractivity contribution in [2.45, 2.75) is 6.18 Å². The number of benzene rings is 1. The van der Waals surface area contributed by atoms with Gasteiger partial charge >= 0.3 is 6.18 Å². The van der Waals surface area contributed by atoms with Crippen LogP contribution in [0, 0.1) is 0 Å². The fourth-order valence-corrected chi connectivity index (χ4v) is 2.44. The second-order valence-electron chi connectivity index (χ2n) is 4.25. The third kappa shape index (κ3) is 3.23. The lowest BCUT2D eigenvalue weighted by molar-refractivity contribution is -0.137. The quantitative estimate of drug-likeness (QED) is 0.829. The van der Waals surface area contributed by atoms with Gasteiger partial charge in [-0.05, 0) is 28.1 Å². The molecule has 21 heavy (non-hydrogen) atoms. The molecule has 1 aliphatic rings. The predicted octanol–water partition coefficient (Wildman–Crippen LogP) is 1.66. The van der Waals surface area contributed by atoms with Crippen LogP contribution >= 0.6 is 15.9 Å². The molecule has 0 atom stereocenters. The van der Waals surface area contributed by atoms with E-state index in [2.05, 4.69) is 15.9 Å². The van der Waals surface area contributed by atoms with Crippen LogP contribution in [-0.2, 0) is 9.59 Å². The van der Waals surface area contributed by atoms with Crippen molar-refractivity contribution in [1.82, 2.24) is 5.32 Å². The zero-order valence-corrected chi connectivity index (χ0v) is 11.9. The van der Waals surface area contributed by atoms with E-state index in [1.807, 2.05) is 0 Å². The highest BCUT2D eigenvalue weighted by atomic mass is 79.9. The van der Waals surface area contributed by atoms with Crippen molar-refractivity contribution in [1.29, 1.82) is 0 Å². The number of carbonyl (C=O) groups excluding carboxylic acids is 3. The number of alkyl halides is 3. The topological polar surface area (TPSA) is 66.5 Å². The molecule has 0 saturated heterocycles. The van der Waals surface area contributed by atoms with E-state index in [0.29, 0.717) is 4.47 Å². The van der Waals surface area contributed by atoms with E-state index in [1.54, 1.807) is 17.4 Å². The molecular formula is C12H8BrF3N2O3. The molecule has 1 aromatic carbocycles. The van der Waals surface area contributed by atoms with E-state index in [9.17, 15) is 27.6 Å². The summed E-state index contributed by atoms with van der Waals surface area (Å²) in [5.41, 5.74) is 0.299. The molecule has 0 unspecified atom stereocenters. The first-order valence-electron chi connectivity index (χ1n) is 5.69. The van der Waals surface area contributed by atoms with Crippen LogP contribution in [0.3, 0.4) is 0 Å². The van der Waals surface area contributed by atoms with Crippen LogP contribution < -0.4 is 10.2 Å². The fraction of sp³-hybridized carbons (Fsp3) is 0.250. The third-order valence-corrected chi connectivity index (χ3v) is 3.37. The van der Waals surface area contributed by atoms with E-state index in [-0.39, 0.29) is 11.3 Å². The first-order chi connectivity index (χ1) is 9.70. The van der Waals surface area contributed by atoms with Crippen molar-refractivity contribution in [2.75, 3.05) is 18.0 Å². The molecule has 2 rings (SSSR count). The summed E-state index contributed by atoms with van der Waals surface area (Å²) in [5, 5.41) is 1.65. The average molecular weight is 365 g/mol. The second-order valence-corrected chi connectivity index (χ2v) is 5.10. The van der Waals surface area contributed by atoms with Crippen molar-refractivity contribution in [3.8, 4) is 0 Å². The maximum Gasteiger partial charge on any atom is 0.405 e. The minimum Gasteiger partial charge on any atom is -0.345 e. The maximum atomic E-state index is 12.0.